The molecule has 2 aliphatic rings. The van der Waals surface area contributed by atoms with Crippen LogP contribution in [0.25, 0.3) is 0 Å². The molecule has 1 aromatic carbocycles. The van der Waals surface area contributed by atoms with E-state index in [1.54, 1.807) is 0 Å². The van der Waals surface area contributed by atoms with Gasteiger partial charge in [-0.1, -0.05) is 6.92 Å². The molecule has 6 heteroatoms. The Morgan fingerprint density at radius 1 is 1.19 bits per heavy atom. The van der Waals surface area contributed by atoms with Gasteiger partial charge >= 0.3 is 0 Å². The number of aromatic nitrogens is 2. The molecule has 2 aromatic rings. The molecule has 0 spiro atoms. The lowest BCUT2D eigenvalue weighted by atomic mass is 10.1. The molecule has 26 heavy (non-hydrogen) atoms. The number of hydrogen-bond donors (Lipinski definition) is 0. The van der Waals surface area contributed by atoms with E-state index in [4.69, 9.17) is 9.73 Å². The van der Waals surface area contributed by atoms with Crippen LogP contribution >= 0.6 is 11.5 Å². The van der Waals surface area contributed by atoms with E-state index < -0.39 is 0 Å². The minimum atomic E-state index is 0.526. The van der Waals surface area contributed by atoms with Crippen molar-refractivity contribution in [1.29, 1.82) is 0 Å². The summed E-state index contributed by atoms with van der Waals surface area (Å²) in [6, 6.07) is 4.15. The Kier molecular flexibility index (Phi) is 4.94. The van der Waals surface area contributed by atoms with Gasteiger partial charge in [-0.3, -0.25) is 0 Å². The van der Waals surface area contributed by atoms with Crippen molar-refractivity contribution < 1.29 is 4.74 Å². The first-order chi connectivity index (χ1) is 12.6. The topological polar surface area (TPSA) is 50.6 Å². The highest BCUT2D eigenvalue weighted by Crippen LogP contribution is 2.46. The summed E-state index contributed by atoms with van der Waals surface area (Å²) in [6.07, 6.45) is 7.05. The van der Waals surface area contributed by atoms with Crippen molar-refractivity contribution in [3.63, 3.8) is 0 Å². The average Bonchev–Trinajstić information content (AvgIpc) is 3.19. The van der Waals surface area contributed by atoms with Crippen LogP contribution < -0.4 is 4.74 Å². The van der Waals surface area contributed by atoms with Gasteiger partial charge in [-0.2, -0.15) is 9.36 Å². The number of hydrogen-bond acceptors (Lipinski definition) is 5. The van der Waals surface area contributed by atoms with Crippen LogP contribution in [0.4, 0.5) is 5.69 Å². The van der Waals surface area contributed by atoms with Crippen LogP contribution in [-0.2, 0) is 0 Å². The molecule has 138 valence electrons. The first-order valence-corrected chi connectivity index (χ1v) is 10.3. The van der Waals surface area contributed by atoms with Crippen LogP contribution in [-0.4, -0.2) is 33.7 Å². The van der Waals surface area contributed by atoms with Gasteiger partial charge < -0.3 is 9.64 Å². The van der Waals surface area contributed by atoms with E-state index in [9.17, 15) is 0 Å². The minimum Gasteiger partial charge on any atom is -0.430 e. The predicted molar refractivity (Wildman–Crippen MR) is 106 cm³/mol. The molecule has 0 amide bonds. The van der Waals surface area contributed by atoms with E-state index in [2.05, 4.69) is 47.2 Å². The van der Waals surface area contributed by atoms with Crippen LogP contribution in [0.2, 0.25) is 0 Å². The average molecular weight is 371 g/mol. The van der Waals surface area contributed by atoms with Crippen LogP contribution in [0.1, 0.15) is 55.5 Å². The zero-order chi connectivity index (χ0) is 18.1. The fourth-order valence-electron chi connectivity index (χ4n) is 3.39. The summed E-state index contributed by atoms with van der Waals surface area (Å²) in [5, 5.41) is 0.631. The molecule has 2 atom stereocenters. The molecule has 1 aliphatic heterocycles. The number of nitrogens with zero attached hydrogens (tertiary/aromatic N) is 4. The van der Waals surface area contributed by atoms with E-state index in [0.717, 1.165) is 41.5 Å². The molecule has 0 radical (unpaired) electrons. The van der Waals surface area contributed by atoms with Crippen molar-refractivity contribution in [1.82, 2.24) is 14.3 Å². The van der Waals surface area contributed by atoms with Crippen molar-refractivity contribution in [3.8, 4) is 10.9 Å². The van der Waals surface area contributed by atoms with Crippen LogP contribution in [0, 0.1) is 19.8 Å². The SMILES string of the molecule is Cc1cc(Oc2nc(C3CC3C)ns2)c(C)cc1N=CN1CCCCC1. The van der Waals surface area contributed by atoms with Gasteiger partial charge in [0.2, 0.25) is 0 Å². The van der Waals surface area contributed by atoms with Gasteiger partial charge in [0.05, 0.1) is 12.0 Å². The maximum Gasteiger partial charge on any atom is 0.298 e. The van der Waals surface area contributed by atoms with Crippen molar-refractivity contribution in [3.05, 3.63) is 29.1 Å². The molecular formula is C20H26N4OS. The second-order valence-corrected chi connectivity index (χ2v) is 8.30. The maximum absolute atomic E-state index is 6.02. The van der Waals surface area contributed by atoms with Gasteiger partial charge in [-0.05, 0) is 68.7 Å². The summed E-state index contributed by atoms with van der Waals surface area (Å²) in [7, 11) is 0. The molecule has 2 heterocycles. The normalized spacial score (nSPS) is 22.8. The van der Waals surface area contributed by atoms with Crippen molar-refractivity contribution in [2.75, 3.05) is 13.1 Å². The summed E-state index contributed by atoms with van der Waals surface area (Å²) in [5.74, 6) is 3.01. The molecule has 2 fully saturated rings. The third kappa shape index (κ3) is 3.90. The smallest absolute Gasteiger partial charge is 0.298 e. The first-order valence-electron chi connectivity index (χ1n) is 9.51. The van der Waals surface area contributed by atoms with Gasteiger partial charge in [-0.15, -0.1) is 0 Å². The summed E-state index contributed by atoms with van der Waals surface area (Å²) in [5.41, 5.74) is 3.18. The molecule has 1 saturated carbocycles. The van der Waals surface area contributed by atoms with E-state index in [0.29, 0.717) is 17.0 Å². The lowest BCUT2D eigenvalue weighted by molar-refractivity contribution is 0.351. The summed E-state index contributed by atoms with van der Waals surface area (Å²) >= 11 is 1.34. The van der Waals surface area contributed by atoms with Crippen LogP contribution in [0.3, 0.4) is 0 Å². The second kappa shape index (κ2) is 7.35. The number of ether oxygens (including phenoxy) is 1. The Balaban J connectivity index is 1.46. The number of aryl methyl sites for hydroxylation is 2. The lowest BCUT2D eigenvalue weighted by Gasteiger charge is -2.23. The van der Waals surface area contributed by atoms with E-state index in [1.807, 2.05) is 6.34 Å². The molecule has 0 N–H and O–H groups in total. The van der Waals surface area contributed by atoms with E-state index in [-0.39, 0.29) is 0 Å². The van der Waals surface area contributed by atoms with Gasteiger partial charge in [0, 0.05) is 30.5 Å². The Morgan fingerprint density at radius 2 is 1.96 bits per heavy atom. The molecule has 1 aliphatic carbocycles. The fraction of sp³-hybridized carbons (Fsp3) is 0.550. The van der Waals surface area contributed by atoms with Crippen molar-refractivity contribution in [2.45, 2.75) is 52.4 Å². The van der Waals surface area contributed by atoms with Gasteiger partial charge in [0.1, 0.15) is 11.6 Å². The summed E-state index contributed by atoms with van der Waals surface area (Å²) in [6.45, 7) is 8.60. The van der Waals surface area contributed by atoms with E-state index >= 15 is 0 Å². The predicted octanol–water partition coefficient (Wildman–Crippen LogP) is 5.22. The number of benzene rings is 1. The van der Waals surface area contributed by atoms with Crippen LogP contribution in [0.15, 0.2) is 17.1 Å². The minimum absolute atomic E-state index is 0.526. The van der Waals surface area contributed by atoms with Crippen molar-refractivity contribution in [2.24, 2.45) is 10.9 Å². The van der Waals surface area contributed by atoms with Gasteiger partial charge in [0.25, 0.3) is 5.19 Å². The summed E-state index contributed by atoms with van der Waals surface area (Å²) < 4.78 is 10.5. The Labute approximate surface area is 159 Å². The largest absolute Gasteiger partial charge is 0.430 e. The van der Waals surface area contributed by atoms with E-state index in [1.165, 1.54) is 37.2 Å². The molecule has 5 nitrogen and oxygen atoms in total. The highest BCUT2D eigenvalue weighted by atomic mass is 32.1. The Bertz CT molecular complexity index is 810. The molecular weight excluding hydrogens is 344 g/mol. The number of likely N-dealkylation sites (tertiary alicyclic amines) is 1. The first kappa shape index (κ1) is 17.5. The molecule has 2 unspecified atom stereocenters. The third-order valence-corrected chi connectivity index (χ3v) is 5.91. The third-order valence-electron chi connectivity index (χ3n) is 5.31. The van der Waals surface area contributed by atoms with Crippen LogP contribution in [0.5, 0.6) is 10.9 Å². The zero-order valence-electron chi connectivity index (χ0n) is 15.7. The van der Waals surface area contributed by atoms with Gasteiger partial charge in [0.15, 0.2) is 0 Å². The zero-order valence-corrected chi connectivity index (χ0v) is 16.6. The number of aliphatic imine (C=N–C) groups is 1. The molecule has 0 bridgehead atoms. The Hall–Kier alpha value is -1.95. The molecule has 1 saturated heterocycles. The van der Waals surface area contributed by atoms with Gasteiger partial charge in [-0.25, -0.2) is 4.99 Å². The molecule has 4 rings (SSSR count). The van der Waals surface area contributed by atoms with Crippen molar-refractivity contribution >= 4 is 23.6 Å². The lowest BCUT2D eigenvalue weighted by Crippen LogP contribution is -2.28. The Morgan fingerprint density at radius 3 is 2.69 bits per heavy atom. The maximum atomic E-state index is 6.02. The quantitative estimate of drug-likeness (QED) is 0.535. The molecule has 1 aromatic heterocycles. The number of piperidine rings is 1. The fourth-order valence-corrected chi connectivity index (χ4v) is 4.00. The second-order valence-electron chi connectivity index (χ2n) is 7.59. The highest BCUT2D eigenvalue weighted by Gasteiger charge is 2.37. The number of rotatable bonds is 5. The standard InChI is InChI=1S/C20H26N4OS/c1-13-9-16(13)19-22-20(26-23-19)25-18-11-14(2)17(10-15(18)3)21-12-24-7-5-4-6-8-24/h10-13,16H,4-9H2,1-3H3. The summed E-state index contributed by atoms with van der Waals surface area (Å²) in [4.78, 5) is 11.6. The highest BCUT2D eigenvalue weighted by molar-refractivity contribution is 7.07. The monoisotopic (exact) mass is 370 g/mol.